The summed E-state index contributed by atoms with van der Waals surface area (Å²) in [6.07, 6.45) is 3.63. The summed E-state index contributed by atoms with van der Waals surface area (Å²) in [6.45, 7) is 3.86. The van der Waals surface area contributed by atoms with Crippen molar-refractivity contribution in [2.24, 2.45) is 0 Å². The fourth-order valence-corrected chi connectivity index (χ4v) is 3.74. The van der Waals surface area contributed by atoms with Gasteiger partial charge in [-0.25, -0.2) is 9.97 Å². The molecule has 0 saturated carbocycles. The van der Waals surface area contributed by atoms with Crippen molar-refractivity contribution >= 4 is 22.9 Å². The Morgan fingerprint density at radius 3 is 2.96 bits per heavy atom. The maximum absolute atomic E-state index is 12.8. The number of aliphatic hydroxyl groups excluding tert-OH is 1. The van der Waals surface area contributed by atoms with Crippen molar-refractivity contribution in [2.45, 2.75) is 32.5 Å². The topological polar surface area (TPSA) is 84.1 Å². The molecule has 3 aromatic rings. The fraction of sp³-hybridized carbons (Fsp3) is 0.333. The zero-order valence-electron chi connectivity index (χ0n) is 14.4. The Morgan fingerprint density at radius 2 is 2.19 bits per heavy atom. The number of ketones is 1. The van der Waals surface area contributed by atoms with Crippen LogP contribution in [0.1, 0.15) is 46.2 Å². The molecule has 0 amide bonds. The zero-order valence-corrected chi connectivity index (χ0v) is 15.2. The van der Waals surface area contributed by atoms with Gasteiger partial charge in [0.15, 0.2) is 5.01 Å². The van der Waals surface area contributed by atoms with E-state index >= 15 is 0 Å². The number of rotatable bonds is 4. The van der Waals surface area contributed by atoms with Gasteiger partial charge in [0.2, 0.25) is 5.78 Å². The number of aromatic nitrogens is 4. The van der Waals surface area contributed by atoms with Gasteiger partial charge in [-0.1, -0.05) is 0 Å². The lowest BCUT2D eigenvalue weighted by Crippen LogP contribution is -2.26. The Bertz CT molecular complexity index is 920. The summed E-state index contributed by atoms with van der Waals surface area (Å²) in [6, 6.07) is 5.50. The minimum Gasteiger partial charge on any atom is -0.387 e. The number of pyridine rings is 1. The Hall–Kier alpha value is -2.58. The molecule has 0 radical (unpaired) electrons. The Morgan fingerprint density at radius 1 is 1.31 bits per heavy atom. The summed E-state index contributed by atoms with van der Waals surface area (Å²) in [7, 11) is 0. The number of thiazole rings is 1. The molecule has 0 bridgehead atoms. The summed E-state index contributed by atoms with van der Waals surface area (Å²) in [5.74, 6) is 0.562. The molecule has 0 aliphatic carbocycles. The summed E-state index contributed by atoms with van der Waals surface area (Å²) >= 11 is 1.33. The number of nitrogens with zero attached hydrogens (tertiary/aromatic N) is 5. The van der Waals surface area contributed by atoms with Crippen molar-refractivity contribution in [2.75, 3.05) is 11.4 Å². The number of fused-ring (bicyclic) bond motifs is 1. The van der Waals surface area contributed by atoms with Gasteiger partial charge < -0.3 is 10.0 Å². The van der Waals surface area contributed by atoms with Gasteiger partial charge in [-0.05, 0) is 31.5 Å². The van der Waals surface area contributed by atoms with E-state index in [2.05, 4.69) is 20.0 Å². The standard InChI is InChI=1S/C18H19N5O2S/c1-12(24)15-10-13-11-22(7-3-8-23(13)21-15)17-14(4-2-5-19-17)16(25)18-20-6-9-26-18/h2,4-6,9-10,12,24H,3,7-8,11H2,1H3. The van der Waals surface area contributed by atoms with Crippen LogP contribution in [0.2, 0.25) is 0 Å². The first-order chi connectivity index (χ1) is 12.6. The summed E-state index contributed by atoms with van der Waals surface area (Å²) in [5.41, 5.74) is 2.24. The van der Waals surface area contributed by atoms with Gasteiger partial charge in [-0.15, -0.1) is 11.3 Å². The van der Waals surface area contributed by atoms with Crippen LogP contribution in [-0.4, -0.2) is 37.2 Å². The van der Waals surface area contributed by atoms with Gasteiger partial charge in [0.1, 0.15) is 5.82 Å². The number of aryl methyl sites for hydroxylation is 1. The van der Waals surface area contributed by atoms with Crippen LogP contribution < -0.4 is 4.90 Å². The van der Waals surface area contributed by atoms with Crippen LogP contribution in [0, 0.1) is 0 Å². The van der Waals surface area contributed by atoms with Gasteiger partial charge in [0, 0.05) is 30.9 Å². The van der Waals surface area contributed by atoms with Crippen molar-refractivity contribution < 1.29 is 9.90 Å². The molecule has 1 N–H and O–H groups in total. The molecule has 1 atom stereocenters. The SMILES string of the molecule is CC(O)c1cc2n(n1)CCCN(c1ncccc1C(=O)c1nccs1)C2. The molecule has 0 saturated heterocycles. The summed E-state index contributed by atoms with van der Waals surface area (Å²) < 4.78 is 1.94. The minimum absolute atomic E-state index is 0.106. The normalized spacial score (nSPS) is 15.4. The molecule has 134 valence electrons. The molecule has 7 nitrogen and oxygen atoms in total. The smallest absolute Gasteiger partial charge is 0.225 e. The lowest BCUT2D eigenvalue weighted by atomic mass is 10.1. The molecule has 1 aliphatic heterocycles. The Labute approximate surface area is 154 Å². The van der Waals surface area contributed by atoms with Crippen LogP contribution >= 0.6 is 11.3 Å². The molecule has 0 fully saturated rings. The van der Waals surface area contributed by atoms with Gasteiger partial charge >= 0.3 is 0 Å². The van der Waals surface area contributed by atoms with Gasteiger partial charge in [0.25, 0.3) is 0 Å². The second-order valence-electron chi connectivity index (χ2n) is 6.28. The summed E-state index contributed by atoms with van der Waals surface area (Å²) in [4.78, 5) is 23.6. The van der Waals surface area contributed by atoms with E-state index in [1.54, 1.807) is 36.8 Å². The third-order valence-electron chi connectivity index (χ3n) is 4.42. The number of aliphatic hydroxyl groups is 1. The van der Waals surface area contributed by atoms with E-state index in [4.69, 9.17) is 0 Å². The van der Waals surface area contributed by atoms with Crippen LogP contribution in [0.4, 0.5) is 5.82 Å². The van der Waals surface area contributed by atoms with Crippen LogP contribution in [0.15, 0.2) is 36.0 Å². The fourth-order valence-electron chi connectivity index (χ4n) is 3.15. The third-order valence-corrected chi connectivity index (χ3v) is 5.19. The maximum Gasteiger partial charge on any atom is 0.225 e. The molecule has 1 unspecified atom stereocenters. The predicted octanol–water partition coefficient (Wildman–Crippen LogP) is 2.43. The van der Waals surface area contributed by atoms with Gasteiger partial charge in [0.05, 0.1) is 29.6 Å². The molecular formula is C18H19N5O2S. The minimum atomic E-state index is -0.597. The Kier molecular flexibility index (Phi) is 4.52. The number of carbonyl (C=O) groups excluding carboxylic acids is 1. The van der Waals surface area contributed by atoms with Gasteiger partial charge in [-0.2, -0.15) is 5.10 Å². The van der Waals surface area contributed by atoms with E-state index in [0.717, 1.165) is 25.2 Å². The predicted molar refractivity (Wildman–Crippen MR) is 98.3 cm³/mol. The molecule has 0 spiro atoms. The maximum atomic E-state index is 12.8. The molecule has 0 aromatic carbocycles. The highest BCUT2D eigenvalue weighted by Crippen LogP contribution is 2.26. The first-order valence-corrected chi connectivity index (χ1v) is 9.40. The van der Waals surface area contributed by atoms with E-state index < -0.39 is 6.10 Å². The van der Waals surface area contributed by atoms with Gasteiger partial charge in [-0.3, -0.25) is 9.48 Å². The van der Waals surface area contributed by atoms with E-state index in [-0.39, 0.29) is 5.78 Å². The largest absolute Gasteiger partial charge is 0.387 e. The van der Waals surface area contributed by atoms with Crippen molar-refractivity contribution in [3.8, 4) is 0 Å². The number of carbonyl (C=O) groups is 1. The number of anilines is 1. The van der Waals surface area contributed by atoms with E-state index in [0.29, 0.717) is 28.6 Å². The first-order valence-electron chi connectivity index (χ1n) is 8.52. The molecule has 4 heterocycles. The van der Waals surface area contributed by atoms with Crippen molar-refractivity contribution in [1.82, 2.24) is 19.7 Å². The lowest BCUT2D eigenvalue weighted by Gasteiger charge is -2.23. The average Bonchev–Trinajstić information content (AvgIpc) is 3.27. The molecule has 8 heteroatoms. The molecule has 4 rings (SSSR count). The molecule has 26 heavy (non-hydrogen) atoms. The van der Waals surface area contributed by atoms with Crippen LogP contribution in [0.3, 0.4) is 0 Å². The van der Waals surface area contributed by atoms with Crippen molar-refractivity contribution in [3.05, 3.63) is 57.9 Å². The highest BCUT2D eigenvalue weighted by Gasteiger charge is 2.24. The van der Waals surface area contributed by atoms with Crippen LogP contribution in [-0.2, 0) is 13.1 Å². The second-order valence-corrected chi connectivity index (χ2v) is 7.17. The highest BCUT2D eigenvalue weighted by molar-refractivity contribution is 7.11. The number of hydrogen-bond acceptors (Lipinski definition) is 7. The lowest BCUT2D eigenvalue weighted by molar-refractivity contribution is 0.103. The van der Waals surface area contributed by atoms with Crippen LogP contribution in [0.25, 0.3) is 0 Å². The monoisotopic (exact) mass is 369 g/mol. The second kappa shape index (κ2) is 6.97. The zero-order chi connectivity index (χ0) is 18.1. The Balaban J connectivity index is 1.68. The highest BCUT2D eigenvalue weighted by atomic mass is 32.1. The van der Waals surface area contributed by atoms with E-state index in [1.807, 2.05) is 10.7 Å². The van der Waals surface area contributed by atoms with Crippen molar-refractivity contribution in [1.29, 1.82) is 0 Å². The number of hydrogen-bond donors (Lipinski definition) is 1. The van der Waals surface area contributed by atoms with Crippen LogP contribution in [0.5, 0.6) is 0 Å². The average molecular weight is 369 g/mol. The summed E-state index contributed by atoms with van der Waals surface area (Å²) in [5, 5.41) is 16.5. The molecule has 1 aliphatic rings. The molecular weight excluding hydrogens is 350 g/mol. The van der Waals surface area contributed by atoms with Crippen molar-refractivity contribution in [3.63, 3.8) is 0 Å². The quantitative estimate of drug-likeness (QED) is 0.711. The van der Waals surface area contributed by atoms with E-state index in [1.165, 1.54) is 11.3 Å². The third kappa shape index (κ3) is 3.13. The van der Waals surface area contributed by atoms with E-state index in [9.17, 15) is 9.90 Å². The first kappa shape index (κ1) is 16.9. The molecule has 3 aromatic heterocycles.